The van der Waals surface area contributed by atoms with Gasteiger partial charge in [0.05, 0.1) is 0 Å². The first-order chi connectivity index (χ1) is 14.4. The third-order valence-corrected chi connectivity index (χ3v) is 3.87. The van der Waals surface area contributed by atoms with Crippen LogP contribution in [0.1, 0.15) is 113 Å². The van der Waals surface area contributed by atoms with Crippen molar-refractivity contribution < 1.29 is 0 Å². The van der Waals surface area contributed by atoms with Crippen LogP contribution in [0.3, 0.4) is 0 Å². The summed E-state index contributed by atoms with van der Waals surface area (Å²) in [5, 5.41) is 0. The van der Waals surface area contributed by atoms with E-state index < -0.39 is 0 Å². The summed E-state index contributed by atoms with van der Waals surface area (Å²) in [5.41, 5.74) is 6.22. The Balaban J connectivity index is -0.000000162. The van der Waals surface area contributed by atoms with Gasteiger partial charge in [-0.2, -0.15) is 0 Å². The molecule has 0 aliphatic rings. The Morgan fingerprint density at radius 2 is 1.03 bits per heavy atom. The lowest BCUT2D eigenvalue weighted by Gasteiger charge is -2.06. The molecule has 1 atom stereocenters. The molecule has 0 amide bonds. The van der Waals surface area contributed by atoms with E-state index in [1.54, 1.807) is 0 Å². The van der Waals surface area contributed by atoms with Gasteiger partial charge in [-0.25, -0.2) is 0 Å². The molecule has 0 aliphatic carbocycles. The molecule has 0 heteroatoms. The standard InChI is InChI=1S/C23H26.C3H8.2C2H6.4CH4/c1-18-5-11-22(12-6-18)15-9-20(3)17-21(4)10-16-23-13-7-19(2)8-14-23;1-3-2;2*1-2;;;;/h5-16,21H,3,17H2,1-2,4H3;3H2,1-2H3;2*1-2H3;4*1H4/b15-9+,16-10+;;;;;;;. The highest BCUT2D eigenvalue weighted by Gasteiger charge is 1.99. The third-order valence-electron chi connectivity index (χ3n) is 3.87. The van der Waals surface area contributed by atoms with E-state index in [0.717, 1.165) is 12.0 Å². The topological polar surface area (TPSA) is 0 Å². The monoisotopic (exact) mass is 470 g/mol. The lowest BCUT2D eigenvalue weighted by atomic mass is 9.99. The SMILES string of the molecule is C.C.C.C.C=C(/C=C/c1ccc(C)cc1)CC(C)/C=C/c1ccc(C)cc1.CC.CC.CCC. The molecule has 0 aliphatic heterocycles. The molecule has 34 heavy (non-hydrogen) atoms. The maximum absolute atomic E-state index is 4.17. The molecule has 2 aromatic carbocycles. The average molecular weight is 471 g/mol. The zero-order valence-corrected chi connectivity index (χ0v) is 21.1. The second kappa shape index (κ2) is 30.7. The summed E-state index contributed by atoms with van der Waals surface area (Å²) >= 11 is 0. The van der Waals surface area contributed by atoms with E-state index in [0.29, 0.717) is 5.92 Å². The van der Waals surface area contributed by atoms with Gasteiger partial charge in [0.2, 0.25) is 0 Å². The van der Waals surface area contributed by atoms with Crippen molar-refractivity contribution in [2.24, 2.45) is 5.92 Å². The first kappa shape index (κ1) is 45.2. The summed E-state index contributed by atoms with van der Waals surface area (Å²) in [4.78, 5) is 0. The second-order valence-electron chi connectivity index (χ2n) is 7.06. The van der Waals surface area contributed by atoms with Gasteiger partial charge >= 0.3 is 0 Å². The molecule has 0 saturated carbocycles. The molecule has 0 heterocycles. The quantitative estimate of drug-likeness (QED) is 0.368. The van der Waals surface area contributed by atoms with Crippen molar-refractivity contribution in [2.45, 2.75) is 105 Å². The minimum absolute atomic E-state index is 0. The van der Waals surface area contributed by atoms with E-state index in [-0.39, 0.29) is 29.7 Å². The van der Waals surface area contributed by atoms with Gasteiger partial charge in [-0.1, -0.05) is 181 Å². The highest BCUT2D eigenvalue weighted by atomic mass is 14.0. The van der Waals surface area contributed by atoms with Gasteiger partial charge in [0.15, 0.2) is 0 Å². The van der Waals surface area contributed by atoms with Gasteiger partial charge in [0.1, 0.15) is 0 Å². The lowest BCUT2D eigenvalue weighted by molar-refractivity contribution is 0.732. The van der Waals surface area contributed by atoms with Crippen LogP contribution in [0.5, 0.6) is 0 Å². The molecule has 0 bridgehead atoms. The van der Waals surface area contributed by atoms with Crippen LogP contribution in [0.25, 0.3) is 12.2 Å². The molecular weight excluding hydrogens is 408 g/mol. The molecule has 0 nitrogen and oxygen atoms in total. The molecule has 198 valence electrons. The maximum atomic E-state index is 4.17. The number of hydrogen-bond donors (Lipinski definition) is 0. The molecule has 2 rings (SSSR count). The zero-order valence-electron chi connectivity index (χ0n) is 21.1. The molecule has 0 fully saturated rings. The maximum Gasteiger partial charge on any atom is -0.0218 e. The molecule has 0 radical (unpaired) electrons. The number of hydrogen-bond acceptors (Lipinski definition) is 0. The van der Waals surface area contributed by atoms with E-state index in [2.05, 4.69) is 114 Å². The van der Waals surface area contributed by atoms with Crippen LogP contribution in [-0.4, -0.2) is 0 Å². The van der Waals surface area contributed by atoms with E-state index in [1.807, 2.05) is 27.7 Å². The fourth-order valence-corrected chi connectivity index (χ4v) is 2.39. The minimum Gasteiger partial charge on any atom is -0.0958 e. The predicted octanol–water partition coefficient (Wildman–Crippen LogP) is 12.6. The normalized spacial score (nSPS) is 9.56. The van der Waals surface area contributed by atoms with Crippen LogP contribution in [0.2, 0.25) is 0 Å². The van der Waals surface area contributed by atoms with Gasteiger partial charge in [0.25, 0.3) is 0 Å². The van der Waals surface area contributed by atoms with Crippen LogP contribution >= 0.6 is 0 Å². The second-order valence-corrected chi connectivity index (χ2v) is 7.06. The summed E-state index contributed by atoms with van der Waals surface area (Å²) in [5.74, 6) is 0.478. The largest absolute Gasteiger partial charge is 0.0958 e. The van der Waals surface area contributed by atoms with Crippen LogP contribution in [0, 0.1) is 19.8 Å². The Hall–Kier alpha value is -2.34. The molecule has 0 aromatic heterocycles. The number of aryl methyl sites for hydroxylation is 2. The van der Waals surface area contributed by atoms with E-state index in [9.17, 15) is 0 Å². The van der Waals surface area contributed by atoms with Crippen molar-refractivity contribution in [2.75, 3.05) is 0 Å². The van der Waals surface area contributed by atoms with Gasteiger partial charge in [-0.05, 0) is 37.3 Å². The Morgan fingerprint density at radius 1 is 0.706 bits per heavy atom. The van der Waals surface area contributed by atoms with Gasteiger partial charge in [0, 0.05) is 0 Å². The fraction of sp³-hybridized carbons (Fsp3) is 0.471. The van der Waals surface area contributed by atoms with Crippen LogP contribution in [-0.2, 0) is 0 Å². The minimum atomic E-state index is 0. The third kappa shape index (κ3) is 24.3. The van der Waals surface area contributed by atoms with Gasteiger partial charge < -0.3 is 0 Å². The van der Waals surface area contributed by atoms with Crippen LogP contribution in [0.4, 0.5) is 0 Å². The summed E-state index contributed by atoms with van der Waals surface area (Å²) < 4.78 is 0. The van der Waals surface area contributed by atoms with Crippen molar-refractivity contribution in [1.82, 2.24) is 0 Å². The Bertz CT molecular complexity index is 697. The summed E-state index contributed by atoms with van der Waals surface area (Å²) in [6.07, 6.45) is 10.9. The molecule has 0 spiro atoms. The predicted molar refractivity (Wildman–Crippen MR) is 169 cm³/mol. The summed E-state index contributed by atoms with van der Waals surface area (Å²) in [7, 11) is 0. The van der Waals surface area contributed by atoms with E-state index in [4.69, 9.17) is 0 Å². The molecule has 1 unspecified atom stereocenters. The molecular formula is C34H62. The number of rotatable bonds is 6. The van der Waals surface area contributed by atoms with E-state index in [1.165, 1.54) is 28.7 Å². The van der Waals surface area contributed by atoms with Crippen molar-refractivity contribution in [1.29, 1.82) is 0 Å². The van der Waals surface area contributed by atoms with Crippen molar-refractivity contribution in [3.05, 3.63) is 95.1 Å². The number of allylic oxidation sites excluding steroid dienone is 3. The molecule has 0 saturated heterocycles. The Morgan fingerprint density at radius 3 is 1.38 bits per heavy atom. The van der Waals surface area contributed by atoms with Crippen LogP contribution in [0.15, 0.2) is 72.8 Å². The highest BCUT2D eigenvalue weighted by Crippen LogP contribution is 2.16. The highest BCUT2D eigenvalue weighted by molar-refractivity contribution is 5.53. The van der Waals surface area contributed by atoms with Crippen molar-refractivity contribution in [3.63, 3.8) is 0 Å². The first-order valence-corrected chi connectivity index (χ1v) is 11.6. The first-order valence-electron chi connectivity index (χ1n) is 11.6. The van der Waals surface area contributed by atoms with Gasteiger partial charge in [-0.15, -0.1) is 0 Å². The summed E-state index contributed by atoms with van der Waals surface area (Å²) in [6, 6.07) is 17.2. The Labute approximate surface area is 217 Å². The lowest BCUT2D eigenvalue weighted by Crippen LogP contribution is -1.90. The Kier molecular flexibility index (Phi) is 40.8. The van der Waals surface area contributed by atoms with Crippen molar-refractivity contribution in [3.8, 4) is 0 Å². The van der Waals surface area contributed by atoms with Crippen molar-refractivity contribution >= 4 is 12.2 Å². The smallest absolute Gasteiger partial charge is 0.0218 e. The molecule has 2 aromatic rings. The summed E-state index contributed by atoms with van der Waals surface area (Å²) in [6.45, 7) is 22.9. The molecule has 0 N–H and O–H groups in total. The van der Waals surface area contributed by atoms with E-state index >= 15 is 0 Å². The van der Waals surface area contributed by atoms with Gasteiger partial charge in [-0.3, -0.25) is 0 Å². The zero-order chi connectivity index (χ0) is 23.4. The fourth-order valence-electron chi connectivity index (χ4n) is 2.39. The average Bonchev–Trinajstić information content (AvgIpc) is 2.76. The van der Waals surface area contributed by atoms with Crippen LogP contribution < -0.4 is 0 Å². The number of benzene rings is 2.